The lowest BCUT2D eigenvalue weighted by molar-refractivity contribution is 0.102. The van der Waals surface area contributed by atoms with Crippen LogP contribution in [0.5, 0.6) is 0 Å². The van der Waals surface area contributed by atoms with Gasteiger partial charge in [0.05, 0.1) is 24.0 Å². The van der Waals surface area contributed by atoms with E-state index in [1.165, 1.54) is 17.5 Å². The Morgan fingerprint density at radius 2 is 1.93 bits per heavy atom. The van der Waals surface area contributed by atoms with Gasteiger partial charge in [-0.15, -0.1) is 11.3 Å². The first-order chi connectivity index (χ1) is 13.6. The van der Waals surface area contributed by atoms with Gasteiger partial charge in [0.2, 0.25) is 0 Å². The number of carbonyl (C=O) groups is 1. The highest BCUT2D eigenvalue weighted by molar-refractivity contribution is 7.14. The molecule has 4 rings (SSSR count). The number of halogens is 1. The van der Waals surface area contributed by atoms with Gasteiger partial charge in [0.15, 0.2) is 5.13 Å². The van der Waals surface area contributed by atoms with Crippen molar-refractivity contribution in [3.05, 3.63) is 82.1 Å². The van der Waals surface area contributed by atoms with E-state index in [4.69, 9.17) is 11.6 Å². The molecule has 3 aromatic heterocycles. The topological polar surface area (TPSA) is 72.7 Å². The molecule has 1 N–H and O–H groups in total. The summed E-state index contributed by atoms with van der Waals surface area (Å²) in [5, 5.41) is 9.65. The number of anilines is 1. The van der Waals surface area contributed by atoms with Gasteiger partial charge in [0.1, 0.15) is 10.8 Å². The van der Waals surface area contributed by atoms with E-state index >= 15 is 0 Å². The number of benzene rings is 1. The largest absolute Gasteiger partial charge is 0.298 e. The maximum atomic E-state index is 12.6. The Labute approximate surface area is 170 Å². The summed E-state index contributed by atoms with van der Waals surface area (Å²) in [5.41, 5.74) is 3.76. The molecular formula is C20H16ClN5OS. The standard InChI is InChI=1S/C20H16ClN5OS/c1-13-6-5-9-16(23-13)17-12-28-20(24-17)25-19(27)15-10-22-26(18(15)21)11-14-7-3-2-4-8-14/h2-10,12H,11H2,1H3,(H,24,25,27). The van der Waals surface area contributed by atoms with E-state index in [0.29, 0.717) is 22.4 Å². The lowest BCUT2D eigenvalue weighted by Crippen LogP contribution is -2.12. The zero-order chi connectivity index (χ0) is 19.5. The number of thiazole rings is 1. The fourth-order valence-electron chi connectivity index (χ4n) is 2.69. The van der Waals surface area contributed by atoms with Crippen molar-refractivity contribution >= 4 is 34.0 Å². The molecule has 0 bridgehead atoms. The van der Waals surface area contributed by atoms with Gasteiger partial charge in [-0.1, -0.05) is 48.0 Å². The van der Waals surface area contributed by atoms with Crippen LogP contribution < -0.4 is 5.32 Å². The third-order valence-corrected chi connectivity index (χ3v) is 5.23. The van der Waals surface area contributed by atoms with Gasteiger partial charge >= 0.3 is 0 Å². The summed E-state index contributed by atoms with van der Waals surface area (Å²) < 4.78 is 1.59. The van der Waals surface area contributed by atoms with Gasteiger partial charge in [-0.25, -0.2) is 9.67 Å². The molecule has 8 heteroatoms. The van der Waals surface area contributed by atoms with E-state index in [9.17, 15) is 4.79 Å². The number of aromatic nitrogens is 4. The Bertz CT molecular complexity index is 1120. The maximum Gasteiger partial charge on any atom is 0.262 e. The number of hydrogen-bond acceptors (Lipinski definition) is 5. The number of rotatable bonds is 5. The quantitative estimate of drug-likeness (QED) is 0.520. The summed E-state index contributed by atoms with van der Waals surface area (Å²) in [7, 11) is 0. The Morgan fingerprint density at radius 1 is 1.11 bits per heavy atom. The Kier molecular flexibility index (Phi) is 5.18. The summed E-state index contributed by atoms with van der Waals surface area (Å²) in [6.07, 6.45) is 1.47. The second kappa shape index (κ2) is 7.92. The second-order valence-corrected chi connectivity index (χ2v) is 7.36. The van der Waals surface area contributed by atoms with Crippen LogP contribution in [0.25, 0.3) is 11.4 Å². The normalized spacial score (nSPS) is 10.8. The summed E-state index contributed by atoms with van der Waals surface area (Å²) in [5.74, 6) is -0.345. The monoisotopic (exact) mass is 409 g/mol. The minimum absolute atomic E-state index is 0.290. The highest BCUT2D eigenvalue weighted by atomic mass is 35.5. The first-order valence-corrected chi connectivity index (χ1v) is 9.82. The minimum Gasteiger partial charge on any atom is -0.298 e. The number of aryl methyl sites for hydroxylation is 1. The smallest absolute Gasteiger partial charge is 0.262 e. The van der Waals surface area contributed by atoms with Crippen LogP contribution >= 0.6 is 22.9 Å². The zero-order valence-corrected chi connectivity index (χ0v) is 16.5. The summed E-state index contributed by atoms with van der Waals surface area (Å²) in [6, 6.07) is 15.5. The van der Waals surface area contributed by atoms with Crippen molar-refractivity contribution in [3.8, 4) is 11.4 Å². The number of pyridine rings is 1. The third-order valence-electron chi connectivity index (χ3n) is 4.07. The van der Waals surface area contributed by atoms with Crippen LogP contribution in [-0.2, 0) is 6.54 Å². The van der Waals surface area contributed by atoms with Gasteiger partial charge in [-0.2, -0.15) is 5.10 Å². The Hall–Kier alpha value is -3.03. The molecule has 0 radical (unpaired) electrons. The summed E-state index contributed by atoms with van der Waals surface area (Å²) in [6.45, 7) is 2.42. The number of nitrogens with zero attached hydrogens (tertiary/aromatic N) is 4. The van der Waals surface area contributed by atoms with Crippen molar-refractivity contribution in [2.24, 2.45) is 0 Å². The van der Waals surface area contributed by atoms with Crippen LogP contribution in [0, 0.1) is 6.92 Å². The lowest BCUT2D eigenvalue weighted by atomic mass is 10.2. The number of nitrogens with one attached hydrogen (secondary N) is 1. The average molecular weight is 410 g/mol. The predicted octanol–water partition coefficient (Wildman–Crippen LogP) is 4.66. The summed E-state index contributed by atoms with van der Waals surface area (Å²) >= 11 is 7.70. The van der Waals surface area contributed by atoms with E-state index in [2.05, 4.69) is 20.4 Å². The van der Waals surface area contributed by atoms with Crippen LogP contribution in [0.2, 0.25) is 5.15 Å². The van der Waals surface area contributed by atoms with Gasteiger partial charge < -0.3 is 0 Å². The highest BCUT2D eigenvalue weighted by Crippen LogP contribution is 2.25. The van der Waals surface area contributed by atoms with Crippen LogP contribution in [0.4, 0.5) is 5.13 Å². The fourth-order valence-corrected chi connectivity index (χ4v) is 3.63. The third kappa shape index (κ3) is 3.95. The van der Waals surface area contributed by atoms with Crippen molar-refractivity contribution in [2.75, 3.05) is 5.32 Å². The molecule has 1 amide bonds. The first-order valence-electron chi connectivity index (χ1n) is 8.56. The molecule has 3 heterocycles. The molecule has 0 fully saturated rings. The Balaban J connectivity index is 1.49. The average Bonchev–Trinajstić information content (AvgIpc) is 3.30. The highest BCUT2D eigenvalue weighted by Gasteiger charge is 2.18. The zero-order valence-electron chi connectivity index (χ0n) is 15.0. The van der Waals surface area contributed by atoms with Gasteiger partial charge in [-0.3, -0.25) is 15.1 Å². The van der Waals surface area contributed by atoms with Crippen LogP contribution in [0.3, 0.4) is 0 Å². The molecule has 140 valence electrons. The van der Waals surface area contributed by atoms with Gasteiger partial charge in [0.25, 0.3) is 5.91 Å². The van der Waals surface area contributed by atoms with Gasteiger partial charge in [-0.05, 0) is 24.6 Å². The van der Waals surface area contributed by atoms with Gasteiger partial charge in [0, 0.05) is 11.1 Å². The minimum atomic E-state index is -0.345. The first kappa shape index (κ1) is 18.3. The van der Waals surface area contributed by atoms with Crippen molar-refractivity contribution in [3.63, 3.8) is 0 Å². The SMILES string of the molecule is Cc1cccc(-c2csc(NC(=O)c3cnn(Cc4ccccc4)c3Cl)n2)n1. The van der Waals surface area contributed by atoms with Crippen molar-refractivity contribution in [2.45, 2.75) is 13.5 Å². The molecule has 1 aromatic carbocycles. The van der Waals surface area contributed by atoms with E-state index in [1.807, 2.05) is 60.8 Å². The molecule has 0 saturated carbocycles. The molecular weight excluding hydrogens is 394 g/mol. The molecule has 6 nitrogen and oxygen atoms in total. The van der Waals surface area contributed by atoms with Crippen molar-refractivity contribution in [1.82, 2.24) is 19.7 Å². The van der Waals surface area contributed by atoms with Crippen LogP contribution in [0.1, 0.15) is 21.6 Å². The molecule has 0 aliphatic rings. The lowest BCUT2D eigenvalue weighted by Gasteiger charge is -2.04. The summed E-state index contributed by atoms with van der Waals surface area (Å²) in [4.78, 5) is 21.5. The second-order valence-electron chi connectivity index (χ2n) is 6.15. The molecule has 0 unspecified atom stereocenters. The fraction of sp³-hybridized carbons (Fsp3) is 0.100. The van der Waals surface area contributed by atoms with E-state index < -0.39 is 0 Å². The van der Waals surface area contributed by atoms with Crippen LogP contribution in [-0.4, -0.2) is 25.7 Å². The molecule has 0 spiro atoms. The van der Waals surface area contributed by atoms with E-state index in [1.54, 1.807) is 4.68 Å². The van der Waals surface area contributed by atoms with E-state index in [-0.39, 0.29) is 5.91 Å². The molecule has 0 aliphatic carbocycles. The number of hydrogen-bond donors (Lipinski definition) is 1. The van der Waals surface area contributed by atoms with Crippen LogP contribution in [0.15, 0.2) is 60.1 Å². The molecule has 0 aliphatic heterocycles. The van der Waals surface area contributed by atoms with Crippen molar-refractivity contribution < 1.29 is 4.79 Å². The van der Waals surface area contributed by atoms with Crippen molar-refractivity contribution in [1.29, 1.82) is 0 Å². The number of carbonyl (C=O) groups excluding carboxylic acids is 1. The van der Waals surface area contributed by atoms with E-state index in [0.717, 1.165) is 22.6 Å². The Morgan fingerprint density at radius 3 is 2.71 bits per heavy atom. The molecule has 28 heavy (non-hydrogen) atoms. The number of amides is 1. The predicted molar refractivity (Wildman–Crippen MR) is 111 cm³/mol. The molecule has 0 atom stereocenters. The molecule has 4 aromatic rings. The maximum absolute atomic E-state index is 12.6. The molecule has 0 saturated heterocycles.